The predicted octanol–water partition coefficient (Wildman–Crippen LogP) is 3.86. The fourth-order valence-corrected chi connectivity index (χ4v) is 2.66. The molecule has 0 aliphatic heterocycles. The third kappa shape index (κ3) is 3.92. The average Bonchev–Trinajstić information content (AvgIpc) is 3.02. The molecule has 0 aliphatic rings. The first-order valence-electron chi connectivity index (χ1n) is 6.82. The molecule has 0 spiro atoms. The molecule has 0 aliphatic carbocycles. The highest BCUT2D eigenvalue weighted by Gasteiger charge is 2.08. The molecule has 0 unspecified atom stereocenters. The Labute approximate surface area is 127 Å². The molecule has 0 atom stereocenters. The first kappa shape index (κ1) is 13.8. The largest absolute Gasteiger partial charge is 0.411 e. The predicted molar refractivity (Wildman–Crippen MR) is 83.0 cm³/mol. The Hall–Kier alpha value is -2.14. The van der Waals surface area contributed by atoms with Gasteiger partial charge in [0.1, 0.15) is 0 Å². The van der Waals surface area contributed by atoms with Crippen LogP contribution in [0.25, 0.3) is 11.5 Å². The van der Waals surface area contributed by atoms with Gasteiger partial charge in [-0.2, -0.15) is 0 Å². The highest BCUT2D eigenvalue weighted by Crippen LogP contribution is 2.23. The normalized spacial score (nSPS) is 10.7. The highest BCUT2D eigenvalue weighted by atomic mass is 32.2. The van der Waals surface area contributed by atoms with E-state index in [1.165, 1.54) is 5.56 Å². The van der Waals surface area contributed by atoms with Crippen molar-refractivity contribution in [2.24, 2.45) is 0 Å². The Kier molecular flexibility index (Phi) is 4.63. The number of aromatic nitrogens is 3. The van der Waals surface area contributed by atoms with Crippen molar-refractivity contribution in [3.05, 3.63) is 60.4 Å². The molecule has 4 nitrogen and oxygen atoms in total. The number of benzene rings is 1. The zero-order valence-electron chi connectivity index (χ0n) is 11.5. The second-order valence-electron chi connectivity index (χ2n) is 4.55. The fraction of sp³-hybridized carbons (Fsp3) is 0.188. The topological polar surface area (TPSA) is 51.8 Å². The lowest BCUT2D eigenvalue weighted by Gasteiger charge is -1.99. The Morgan fingerprint density at radius 1 is 0.952 bits per heavy atom. The van der Waals surface area contributed by atoms with Gasteiger partial charge in [0.05, 0.1) is 0 Å². The standard InChI is InChI=1S/C16H15N3OS/c1-2-5-13(6-3-1)7-4-12-21-16-19-18-15(20-16)14-8-10-17-11-9-14/h1-3,5-6,8-11H,4,7,12H2. The third-order valence-corrected chi connectivity index (χ3v) is 3.92. The Morgan fingerprint density at radius 2 is 1.76 bits per heavy atom. The molecule has 2 aromatic heterocycles. The first-order chi connectivity index (χ1) is 10.4. The van der Waals surface area contributed by atoms with Gasteiger partial charge in [-0.25, -0.2) is 0 Å². The lowest BCUT2D eigenvalue weighted by molar-refractivity contribution is 0.465. The van der Waals surface area contributed by atoms with E-state index in [2.05, 4.69) is 39.4 Å². The number of hydrogen-bond donors (Lipinski definition) is 0. The van der Waals surface area contributed by atoms with Gasteiger partial charge >= 0.3 is 0 Å². The SMILES string of the molecule is c1ccc(CCCSc2nnc(-c3ccncc3)o2)cc1. The van der Waals surface area contributed by atoms with Crippen LogP contribution in [0.3, 0.4) is 0 Å². The number of hydrogen-bond acceptors (Lipinski definition) is 5. The van der Waals surface area contributed by atoms with Gasteiger partial charge in [-0.15, -0.1) is 10.2 Å². The van der Waals surface area contributed by atoms with E-state index in [9.17, 15) is 0 Å². The van der Waals surface area contributed by atoms with E-state index in [4.69, 9.17) is 4.42 Å². The van der Waals surface area contributed by atoms with Crippen LogP contribution in [0, 0.1) is 0 Å². The molecule has 106 valence electrons. The molecule has 0 fully saturated rings. The number of nitrogens with zero attached hydrogens (tertiary/aromatic N) is 3. The summed E-state index contributed by atoms with van der Waals surface area (Å²) in [4.78, 5) is 3.97. The van der Waals surface area contributed by atoms with Crippen molar-refractivity contribution in [2.75, 3.05) is 5.75 Å². The fourth-order valence-electron chi connectivity index (χ4n) is 1.96. The van der Waals surface area contributed by atoms with Gasteiger partial charge in [0, 0.05) is 23.7 Å². The lowest BCUT2D eigenvalue weighted by atomic mass is 10.1. The zero-order chi connectivity index (χ0) is 14.3. The molecule has 0 saturated carbocycles. The Bertz CT molecular complexity index is 670. The first-order valence-corrected chi connectivity index (χ1v) is 7.81. The summed E-state index contributed by atoms with van der Waals surface area (Å²) in [5.74, 6) is 1.51. The maximum atomic E-state index is 5.63. The number of thioether (sulfide) groups is 1. The van der Waals surface area contributed by atoms with Crippen molar-refractivity contribution in [3.63, 3.8) is 0 Å². The molecule has 1 aromatic carbocycles. The summed E-state index contributed by atoms with van der Waals surface area (Å²) in [6.45, 7) is 0. The van der Waals surface area contributed by atoms with Crippen LogP contribution in [0.2, 0.25) is 0 Å². The minimum absolute atomic E-state index is 0.544. The molecule has 3 aromatic rings. The van der Waals surface area contributed by atoms with E-state index < -0.39 is 0 Å². The molecule has 0 bridgehead atoms. The monoisotopic (exact) mass is 297 g/mol. The Morgan fingerprint density at radius 3 is 2.57 bits per heavy atom. The zero-order valence-corrected chi connectivity index (χ0v) is 12.3. The van der Waals surface area contributed by atoms with Crippen LogP contribution >= 0.6 is 11.8 Å². The van der Waals surface area contributed by atoms with Crippen molar-refractivity contribution in [1.29, 1.82) is 0 Å². The van der Waals surface area contributed by atoms with Crippen LogP contribution in [0.15, 0.2) is 64.5 Å². The minimum atomic E-state index is 0.544. The third-order valence-electron chi connectivity index (χ3n) is 3.01. The van der Waals surface area contributed by atoms with Crippen molar-refractivity contribution in [3.8, 4) is 11.5 Å². The van der Waals surface area contributed by atoms with Crippen LogP contribution in [0.1, 0.15) is 12.0 Å². The van der Waals surface area contributed by atoms with Crippen LogP contribution in [0.5, 0.6) is 0 Å². The van der Waals surface area contributed by atoms with Gasteiger partial charge < -0.3 is 4.42 Å². The molecule has 0 radical (unpaired) electrons. The highest BCUT2D eigenvalue weighted by molar-refractivity contribution is 7.99. The van der Waals surface area contributed by atoms with Crippen molar-refractivity contribution in [1.82, 2.24) is 15.2 Å². The van der Waals surface area contributed by atoms with Crippen LogP contribution in [-0.2, 0) is 6.42 Å². The van der Waals surface area contributed by atoms with Crippen LogP contribution < -0.4 is 0 Å². The quantitative estimate of drug-likeness (QED) is 0.511. The molecule has 5 heteroatoms. The van der Waals surface area contributed by atoms with Crippen molar-refractivity contribution in [2.45, 2.75) is 18.1 Å². The summed E-state index contributed by atoms with van der Waals surface area (Å²) in [6, 6.07) is 14.2. The lowest BCUT2D eigenvalue weighted by Crippen LogP contribution is -1.87. The maximum absolute atomic E-state index is 5.63. The molecular weight excluding hydrogens is 282 g/mol. The maximum Gasteiger partial charge on any atom is 0.276 e. The van der Waals surface area contributed by atoms with Gasteiger partial charge in [0.2, 0.25) is 5.89 Å². The number of aryl methyl sites for hydroxylation is 1. The summed E-state index contributed by atoms with van der Waals surface area (Å²) < 4.78 is 5.63. The van der Waals surface area contributed by atoms with Crippen molar-refractivity contribution < 1.29 is 4.42 Å². The summed E-state index contributed by atoms with van der Waals surface area (Å²) >= 11 is 1.60. The van der Waals surface area contributed by atoms with E-state index >= 15 is 0 Å². The van der Waals surface area contributed by atoms with Crippen molar-refractivity contribution >= 4 is 11.8 Å². The van der Waals surface area contributed by atoms with E-state index in [1.54, 1.807) is 24.2 Å². The molecule has 0 saturated heterocycles. The van der Waals surface area contributed by atoms with Gasteiger partial charge in [0.15, 0.2) is 0 Å². The van der Waals surface area contributed by atoms with Gasteiger partial charge in [-0.05, 0) is 30.5 Å². The molecule has 2 heterocycles. The van der Waals surface area contributed by atoms with Crippen LogP contribution in [0.4, 0.5) is 0 Å². The van der Waals surface area contributed by atoms with Gasteiger partial charge in [0.25, 0.3) is 5.22 Å². The Balaban J connectivity index is 1.49. The second-order valence-corrected chi connectivity index (χ2v) is 5.59. The minimum Gasteiger partial charge on any atom is -0.411 e. The summed E-state index contributed by atoms with van der Waals surface area (Å²) in [5, 5.41) is 8.74. The summed E-state index contributed by atoms with van der Waals surface area (Å²) in [5.41, 5.74) is 2.26. The summed E-state index contributed by atoms with van der Waals surface area (Å²) in [6.07, 6.45) is 5.58. The molecule has 3 rings (SSSR count). The summed E-state index contributed by atoms with van der Waals surface area (Å²) in [7, 11) is 0. The van der Waals surface area contributed by atoms with E-state index in [0.29, 0.717) is 11.1 Å². The molecule has 0 N–H and O–H groups in total. The number of pyridine rings is 1. The molecular formula is C16H15N3OS. The van der Waals surface area contributed by atoms with Gasteiger partial charge in [-0.1, -0.05) is 42.1 Å². The molecule has 21 heavy (non-hydrogen) atoms. The molecule has 0 amide bonds. The van der Waals surface area contributed by atoms with Gasteiger partial charge in [-0.3, -0.25) is 4.98 Å². The van der Waals surface area contributed by atoms with E-state index in [-0.39, 0.29) is 0 Å². The average molecular weight is 297 g/mol. The van der Waals surface area contributed by atoms with E-state index in [1.807, 2.05) is 18.2 Å². The number of rotatable bonds is 6. The van der Waals surface area contributed by atoms with E-state index in [0.717, 1.165) is 24.2 Å². The second kappa shape index (κ2) is 7.04. The smallest absolute Gasteiger partial charge is 0.276 e. The van der Waals surface area contributed by atoms with Crippen LogP contribution in [-0.4, -0.2) is 20.9 Å².